The molecule has 0 fully saturated rings. The Balaban J connectivity index is 0.00000126. The Morgan fingerprint density at radius 3 is 2.07 bits per heavy atom. The van der Waals surface area contributed by atoms with Gasteiger partial charge in [-0.2, -0.15) is 0 Å². The topological polar surface area (TPSA) is 69.2 Å². The van der Waals surface area contributed by atoms with E-state index in [1.807, 2.05) is 26.8 Å². The SMILES string of the molecule is CC.CNc1nc(-c2c(Cl)c(OC)cc(OC)c2Cl)cc2cnc(C)nc12. The number of pyridine rings is 1. The normalized spacial score (nSPS) is 10.2. The van der Waals surface area contributed by atoms with Crippen LogP contribution >= 0.6 is 23.2 Å². The molecule has 0 aliphatic heterocycles. The Bertz CT molecular complexity index is 936. The van der Waals surface area contributed by atoms with E-state index in [1.54, 1.807) is 19.3 Å². The first-order valence-corrected chi connectivity index (χ1v) is 9.18. The molecule has 6 nitrogen and oxygen atoms in total. The van der Waals surface area contributed by atoms with Crippen LogP contribution in [0, 0.1) is 6.92 Å². The lowest BCUT2D eigenvalue weighted by atomic mass is 10.1. The Kier molecular flexibility index (Phi) is 7.05. The predicted octanol–water partition coefficient (Wildman–Crippen LogP) is 5.39. The van der Waals surface area contributed by atoms with Gasteiger partial charge in [0.15, 0.2) is 5.82 Å². The molecule has 27 heavy (non-hydrogen) atoms. The van der Waals surface area contributed by atoms with Crippen LogP contribution in [0.3, 0.4) is 0 Å². The minimum Gasteiger partial charge on any atom is -0.495 e. The van der Waals surface area contributed by atoms with Crippen molar-refractivity contribution < 1.29 is 9.47 Å². The van der Waals surface area contributed by atoms with E-state index in [4.69, 9.17) is 32.7 Å². The number of benzene rings is 1. The van der Waals surface area contributed by atoms with Crippen LogP contribution < -0.4 is 14.8 Å². The van der Waals surface area contributed by atoms with E-state index in [0.717, 1.165) is 10.9 Å². The zero-order valence-electron chi connectivity index (χ0n) is 16.1. The summed E-state index contributed by atoms with van der Waals surface area (Å²) < 4.78 is 10.7. The molecular weight excluding hydrogens is 387 g/mol. The van der Waals surface area contributed by atoms with Crippen molar-refractivity contribution in [2.75, 3.05) is 26.6 Å². The number of hydrogen-bond donors (Lipinski definition) is 1. The first-order valence-electron chi connectivity index (χ1n) is 8.42. The summed E-state index contributed by atoms with van der Waals surface area (Å²) in [4.78, 5) is 13.3. The van der Waals surface area contributed by atoms with E-state index in [0.29, 0.717) is 44.4 Å². The van der Waals surface area contributed by atoms with Gasteiger partial charge >= 0.3 is 0 Å². The standard InChI is InChI=1S/C17H16Cl2N4O2.C2H6/c1-8-21-7-9-5-10(23-17(20-2)16(9)22-8)13-14(18)11(24-3)6-12(25-4)15(13)19;1-2/h5-7H,1-4H3,(H,20,23);1-2H3. The van der Waals surface area contributed by atoms with Gasteiger partial charge in [-0.3, -0.25) is 0 Å². The summed E-state index contributed by atoms with van der Waals surface area (Å²) in [5.74, 6) is 2.17. The molecule has 144 valence electrons. The summed E-state index contributed by atoms with van der Waals surface area (Å²) >= 11 is 13.0. The zero-order chi connectivity index (χ0) is 20.1. The van der Waals surface area contributed by atoms with Gasteiger partial charge in [0.2, 0.25) is 0 Å². The van der Waals surface area contributed by atoms with Gasteiger partial charge in [0.05, 0.1) is 30.0 Å². The van der Waals surface area contributed by atoms with Crippen LogP contribution in [-0.4, -0.2) is 36.2 Å². The third-order valence-electron chi connectivity index (χ3n) is 3.75. The second-order valence-electron chi connectivity index (χ2n) is 5.25. The molecule has 0 bridgehead atoms. The number of methoxy groups -OCH3 is 2. The average Bonchev–Trinajstić information content (AvgIpc) is 2.69. The lowest BCUT2D eigenvalue weighted by Gasteiger charge is -2.15. The molecule has 0 spiro atoms. The molecule has 1 aromatic carbocycles. The lowest BCUT2D eigenvalue weighted by Crippen LogP contribution is -2.00. The van der Waals surface area contributed by atoms with E-state index in [-0.39, 0.29) is 0 Å². The van der Waals surface area contributed by atoms with Crippen molar-refractivity contribution >= 4 is 39.9 Å². The number of hydrogen-bond acceptors (Lipinski definition) is 6. The predicted molar refractivity (Wildman–Crippen MR) is 112 cm³/mol. The summed E-state index contributed by atoms with van der Waals surface area (Å²) in [7, 11) is 4.84. The highest BCUT2D eigenvalue weighted by molar-refractivity contribution is 6.41. The summed E-state index contributed by atoms with van der Waals surface area (Å²) in [5.41, 5.74) is 1.82. The number of halogens is 2. The molecular formula is C19H22Cl2N4O2. The third-order valence-corrected chi connectivity index (χ3v) is 4.50. The largest absolute Gasteiger partial charge is 0.495 e. The molecule has 0 amide bonds. The van der Waals surface area contributed by atoms with Crippen LogP contribution in [0.2, 0.25) is 10.0 Å². The molecule has 1 N–H and O–H groups in total. The van der Waals surface area contributed by atoms with Gasteiger partial charge in [-0.1, -0.05) is 37.0 Å². The molecule has 0 radical (unpaired) electrons. The first kappa shape index (κ1) is 21.0. The molecule has 0 atom stereocenters. The number of nitrogens with one attached hydrogen (secondary N) is 1. The van der Waals surface area contributed by atoms with E-state index in [1.165, 1.54) is 14.2 Å². The van der Waals surface area contributed by atoms with E-state index < -0.39 is 0 Å². The number of aryl methyl sites for hydroxylation is 1. The molecule has 2 heterocycles. The maximum absolute atomic E-state index is 6.49. The van der Waals surface area contributed by atoms with Crippen LogP contribution in [0.1, 0.15) is 19.7 Å². The molecule has 2 aromatic heterocycles. The molecule has 0 saturated carbocycles. The van der Waals surface area contributed by atoms with Gasteiger partial charge < -0.3 is 14.8 Å². The Morgan fingerprint density at radius 2 is 1.56 bits per heavy atom. The summed E-state index contributed by atoms with van der Waals surface area (Å²) in [5, 5.41) is 4.58. The fourth-order valence-electron chi connectivity index (χ4n) is 2.54. The lowest BCUT2D eigenvalue weighted by molar-refractivity contribution is 0.395. The number of fused-ring (bicyclic) bond motifs is 1. The van der Waals surface area contributed by atoms with E-state index >= 15 is 0 Å². The highest BCUT2D eigenvalue weighted by atomic mass is 35.5. The van der Waals surface area contributed by atoms with Crippen molar-refractivity contribution in [1.29, 1.82) is 0 Å². The Labute approximate surface area is 168 Å². The molecule has 0 aliphatic rings. The third kappa shape index (κ3) is 4.01. The van der Waals surface area contributed by atoms with Crippen molar-refractivity contribution in [3.63, 3.8) is 0 Å². The maximum atomic E-state index is 6.49. The maximum Gasteiger partial charge on any atom is 0.153 e. The number of aromatic nitrogens is 3. The Morgan fingerprint density at radius 1 is 0.963 bits per heavy atom. The van der Waals surface area contributed by atoms with Gasteiger partial charge in [0.25, 0.3) is 0 Å². The number of anilines is 1. The molecule has 8 heteroatoms. The second kappa shape index (κ2) is 9.06. The number of nitrogens with zero attached hydrogens (tertiary/aromatic N) is 3. The van der Waals surface area contributed by atoms with Crippen LogP contribution in [-0.2, 0) is 0 Å². The van der Waals surface area contributed by atoms with Gasteiger partial charge in [0, 0.05) is 30.3 Å². The van der Waals surface area contributed by atoms with Crippen molar-refractivity contribution in [2.45, 2.75) is 20.8 Å². The van der Waals surface area contributed by atoms with Crippen molar-refractivity contribution in [3.8, 4) is 22.8 Å². The van der Waals surface area contributed by atoms with E-state index in [2.05, 4.69) is 20.3 Å². The van der Waals surface area contributed by atoms with Crippen molar-refractivity contribution in [1.82, 2.24) is 15.0 Å². The molecule has 3 rings (SSSR count). The molecule has 3 aromatic rings. The monoisotopic (exact) mass is 408 g/mol. The van der Waals surface area contributed by atoms with E-state index in [9.17, 15) is 0 Å². The number of ether oxygens (including phenoxy) is 2. The molecule has 0 aliphatic carbocycles. The van der Waals surface area contributed by atoms with Crippen molar-refractivity contribution in [2.24, 2.45) is 0 Å². The van der Waals surface area contributed by atoms with Gasteiger partial charge in [-0.25, -0.2) is 15.0 Å². The minimum atomic E-state index is 0.357. The van der Waals surface area contributed by atoms with Crippen LogP contribution in [0.5, 0.6) is 11.5 Å². The smallest absolute Gasteiger partial charge is 0.153 e. The van der Waals surface area contributed by atoms with Gasteiger partial charge in [-0.05, 0) is 13.0 Å². The Hall–Kier alpha value is -2.31. The second-order valence-corrected chi connectivity index (χ2v) is 6.00. The molecule has 0 saturated heterocycles. The summed E-state index contributed by atoms with van der Waals surface area (Å²) in [6, 6.07) is 3.47. The quantitative estimate of drug-likeness (QED) is 0.623. The van der Waals surface area contributed by atoms with Crippen molar-refractivity contribution in [3.05, 3.63) is 34.2 Å². The van der Waals surface area contributed by atoms with Crippen LogP contribution in [0.4, 0.5) is 5.82 Å². The zero-order valence-corrected chi connectivity index (χ0v) is 17.7. The van der Waals surface area contributed by atoms with Gasteiger partial charge in [-0.15, -0.1) is 0 Å². The fourth-order valence-corrected chi connectivity index (χ4v) is 3.23. The highest BCUT2D eigenvalue weighted by Gasteiger charge is 2.21. The fraction of sp³-hybridized carbons (Fsp3) is 0.316. The van der Waals surface area contributed by atoms with Crippen LogP contribution in [0.15, 0.2) is 18.3 Å². The molecule has 0 unspecified atom stereocenters. The summed E-state index contributed by atoms with van der Waals surface area (Å²) in [6.07, 6.45) is 1.74. The van der Waals surface area contributed by atoms with Crippen LogP contribution in [0.25, 0.3) is 22.2 Å². The van der Waals surface area contributed by atoms with Gasteiger partial charge in [0.1, 0.15) is 22.8 Å². The first-order chi connectivity index (χ1) is 13.0. The minimum absolute atomic E-state index is 0.357. The summed E-state index contributed by atoms with van der Waals surface area (Å²) in [6.45, 7) is 5.83. The average molecular weight is 409 g/mol. The highest BCUT2D eigenvalue weighted by Crippen LogP contribution is 2.46. The number of rotatable bonds is 4.